The molecule has 0 radical (unpaired) electrons. The average molecular weight is 209 g/mol. The Bertz CT molecular complexity index is 323. The molecule has 1 heterocycles. The van der Waals surface area contributed by atoms with Gasteiger partial charge < -0.3 is 4.74 Å². The molecule has 3 rings (SSSR count). The Kier molecular flexibility index (Phi) is 1.86. The molecule has 0 N–H and O–H groups in total. The molecule has 1 nitrogen and oxygen atoms in total. The lowest BCUT2D eigenvalue weighted by Gasteiger charge is -2.08. The summed E-state index contributed by atoms with van der Waals surface area (Å²) in [5.41, 5.74) is 1.27. The van der Waals surface area contributed by atoms with E-state index < -0.39 is 0 Å². The van der Waals surface area contributed by atoms with Crippen LogP contribution in [0.15, 0.2) is 30.3 Å². The second-order valence-corrected chi connectivity index (χ2v) is 4.84. The maximum atomic E-state index is 6.66. The maximum absolute atomic E-state index is 6.66. The standard InChI is InChI=1S/C12H13ClO/c13-12(9-4-2-1-3-5-9)10-6-7-14-8-11(10)12/h1-5,10-11H,6-8H2. The molecule has 0 bridgehead atoms. The molecule has 2 fully saturated rings. The SMILES string of the molecule is ClC1(c2ccccc2)C2CCOCC21. The van der Waals surface area contributed by atoms with E-state index in [-0.39, 0.29) is 4.87 Å². The van der Waals surface area contributed by atoms with Crippen LogP contribution in [0.2, 0.25) is 0 Å². The van der Waals surface area contributed by atoms with Crippen molar-refractivity contribution in [3.05, 3.63) is 35.9 Å². The monoisotopic (exact) mass is 208 g/mol. The molecule has 1 saturated heterocycles. The summed E-state index contributed by atoms with van der Waals surface area (Å²) < 4.78 is 5.46. The lowest BCUT2D eigenvalue weighted by atomic mass is 10.1. The lowest BCUT2D eigenvalue weighted by molar-refractivity contribution is 0.0886. The van der Waals surface area contributed by atoms with Crippen LogP contribution in [0.25, 0.3) is 0 Å². The van der Waals surface area contributed by atoms with E-state index in [2.05, 4.69) is 24.3 Å². The van der Waals surface area contributed by atoms with Gasteiger partial charge >= 0.3 is 0 Å². The van der Waals surface area contributed by atoms with Gasteiger partial charge in [0.15, 0.2) is 0 Å². The zero-order chi connectivity index (χ0) is 9.60. The van der Waals surface area contributed by atoms with Crippen molar-refractivity contribution in [2.24, 2.45) is 11.8 Å². The van der Waals surface area contributed by atoms with Crippen molar-refractivity contribution < 1.29 is 4.74 Å². The van der Waals surface area contributed by atoms with Crippen molar-refractivity contribution in [2.75, 3.05) is 13.2 Å². The van der Waals surface area contributed by atoms with Crippen molar-refractivity contribution in [1.82, 2.24) is 0 Å². The highest BCUT2D eigenvalue weighted by Gasteiger charge is 2.65. The van der Waals surface area contributed by atoms with Crippen molar-refractivity contribution in [2.45, 2.75) is 11.3 Å². The van der Waals surface area contributed by atoms with Crippen LogP contribution in [-0.2, 0) is 9.61 Å². The first-order valence-electron chi connectivity index (χ1n) is 5.15. The molecule has 3 unspecified atom stereocenters. The Morgan fingerprint density at radius 1 is 1.21 bits per heavy atom. The summed E-state index contributed by atoms with van der Waals surface area (Å²) in [5, 5.41) is 0. The normalized spacial score (nSPS) is 40.4. The van der Waals surface area contributed by atoms with Crippen molar-refractivity contribution in [3.8, 4) is 0 Å². The van der Waals surface area contributed by atoms with E-state index in [4.69, 9.17) is 16.3 Å². The van der Waals surface area contributed by atoms with Crippen molar-refractivity contribution >= 4 is 11.6 Å². The predicted molar refractivity (Wildman–Crippen MR) is 56.4 cm³/mol. The highest BCUT2D eigenvalue weighted by molar-refractivity contribution is 6.26. The van der Waals surface area contributed by atoms with Gasteiger partial charge in [0.2, 0.25) is 0 Å². The fourth-order valence-electron chi connectivity index (χ4n) is 2.69. The van der Waals surface area contributed by atoms with Crippen LogP contribution in [0.1, 0.15) is 12.0 Å². The lowest BCUT2D eigenvalue weighted by Crippen LogP contribution is -2.07. The topological polar surface area (TPSA) is 9.23 Å². The molecular weight excluding hydrogens is 196 g/mol. The van der Waals surface area contributed by atoms with Gasteiger partial charge in [0.1, 0.15) is 0 Å². The third-order valence-corrected chi connectivity index (χ3v) is 4.32. The summed E-state index contributed by atoms with van der Waals surface area (Å²) in [5.74, 6) is 1.18. The first kappa shape index (κ1) is 8.75. The number of benzene rings is 1. The molecule has 1 aliphatic heterocycles. The molecular formula is C12H13ClO. The van der Waals surface area contributed by atoms with E-state index in [9.17, 15) is 0 Å². The van der Waals surface area contributed by atoms with Gasteiger partial charge in [-0.1, -0.05) is 30.3 Å². The predicted octanol–water partition coefficient (Wildman–Crippen LogP) is 2.79. The van der Waals surface area contributed by atoms with E-state index in [1.54, 1.807) is 0 Å². The summed E-state index contributed by atoms with van der Waals surface area (Å²) in [4.78, 5) is -0.113. The number of hydrogen-bond donors (Lipinski definition) is 0. The van der Waals surface area contributed by atoms with E-state index in [1.165, 1.54) is 5.56 Å². The molecule has 74 valence electrons. The fraction of sp³-hybridized carbons (Fsp3) is 0.500. The van der Waals surface area contributed by atoms with Crippen LogP contribution in [-0.4, -0.2) is 13.2 Å². The number of alkyl halides is 1. The first-order chi connectivity index (χ1) is 6.83. The largest absolute Gasteiger partial charge is 0.381 e. The van der Waals surface area contributed by atoms with E-state index >= 15 is 0 Å². The van der Waals surface area contributed by atoms with Crippen LogP contribution in [0.4, 0.5) is 0 Å². The smallest absolute Gasteiger partial charge is 0.0781 e. The van der Waals surface area contributed by atoms with Gasteiger partial charge in [-0.2, -0.15) is 0 Å². The number of rotatable bonds is 1. The van der Waals surface area contributed by atoms with Gasteiger partial charge in [0, 0.05) is 12.5 Å². The number of hydrogen-bond acceptors (Lipinski definition) is 1. The quantitative estimate of drug-likeness (QED) is 0.645. The minimum absolute atomic E-state index is 0.113. The third-order valence-electron chi connectivity index (χ3n) is 3.54. The molecule has 2 aliphatic rings. The van der Waals surface area contributed by atoms with E-state index in [0.29, 0.717) is 11.8 Å². The van der Waals surface area contributed by atoms with Crippen LogP contribution < -0.4 is 0 Å². The van der Waals surface area contributed by atoms with Gasteiger partial charge in [0.25, 0.3) is 0 Å². The van der Waals surface area contributed by atoms with Gasteiger partial charge in [-0.05, 0) is 17.9 Å². The Labute approximate surface area is 89.0 Å². The summed E-state index contributed by atoms with van der Waals surface area (Å²) in [6, 6.07) is 10.4. The van der Waals surface area contributed by atoms with Crippen LogP contribution in [0, 0.1) is 11.8 Å². The third kappa shape index (κ3) is 1.06. The second-order valence-electron chi connectivity index (χ2n) is 4.21. The van der Waals surface area contributed by atoms with Crippen molar-refractivity contribution in [1.29, 1.82) is 0 Å². The summed E-state index contributed by atoms with van der Waals surface area (Å²) >= 11 is 6.66. The minimum Gasteiger partial charge on any atom is -0.381 e. The van der Waals surface area contributed by atoms with Crippen LogP contribution in [0.3, 0.4) is 0 Å². The molecule has 0 spiro atoms. The van der Waals surface area contributed by atoms with Crippen LogP contribution >= 0.6 is 11.6 Å². The fourth-order valence-corrected chi connectivity index (χ4v) is 3.23. The minimum atomic E-state index is -0.113. The van der Waals surface area contributed by atoms with E-state index in [0.717, 1.165) is 19.6 Å². The zero-order valence-corrected chi connectivity index (χ0v) is 8.70. The highest BCUT2D eigenvalue weighted by Crippen LogP contribution is 2.65. The van der Waals surface area contributed by atoms with Gasteiger partial charge in [-0.15, -0.1) is 11.6 Å². The number of ether oxygens (including phenoxy) is 1. The summed E-state index contributed by atoms with van der Waals surface area (Å²) in [6.45, 7) is 1.71. The first-order valence-corrected chi connectivity index (χ1v) is 5.53. The maximum Gasteiger partial charge on any atom is 0.0781 e. The molecule has 3 atom stereocenters. The zero-order valence-electron chi connectivity index (χ0n) is 7.95. The van der Waals surface area contributed by atoms with Gasteiger partial charge in [-0.3, -0.25) is 0 Å². The Morgan fingerprint density at radius 2 is 2.00 bits per heavy atom. The molecule has 0 aromatic heterocycles. The Morgan fingerprint density at radius 3 is 2.64 bits per heavy atom. The Balaban J connectivity index is 1.92. The number of fused-ring (bicyclic) bond motifs is 1. The molecule has 14 heavy (non-hydrogen) atoms. The summed E-state index contributed by atoms with van der Waals surface area (Å²) in [6.07, 6.45) is 1.11. The van der Waals surface area contributed by atoms with Gasteiger partial charge in [0.05, 0.1) is 11.5 Å². The molecule has 0 amide bonds. The molecule has 2 heteroatoms. The molecule has 1 saturated carbocycles. The molecule has 1 aromatic rings. The Hall–Kier alpha value is -0.530. The molecule has 1 aromatic carbocycles. The van der Waals surface area contributed by atoms with Crippen LogP contribution in [0.5, 0.6) is 0 Å². The highest BCUT2D eigenvalue weighted by atomic mass is 35.5. The second kappa shape index (κ2) is 2.98. The average Bonchev–Trinajstić information content (AvgIpc) is 2.89. The van der Waals surface area contributed by atoms with Gasteiger partial charge in [-0.25, -0.2) is 0 Å². The van der Waals surface area contributed by atoms with E-state index in [1.807, 2.05) is 6.07 Å². The summed E-state index contributed by atoms with van der Waals surface area (Å²) in [7, 11) is 0. The number of halogens is 1. The van der Waals surface area contributed by atoms with Crippen molar-refractivity contribution in [3.63, 3.8) is 0 Å². The molecule has 1 aliphatic carbocycles.